The molecule has 2 N–H and O–H groups in total. The van der Waals surface area contributed by atoms with Crippen LogP contribution in [0.15, 0.2) is 29.0 Å². The molecule has 1 radical (unpaired) electrons. The summed E-state index contributed by atoms with van der Waals surface area (Å²) in [6.45, 7) is 0. The highest BCUT2D eigenvalue weighted by molar-refractivity contribution is 9.10. The molecule has 0 aromatic carbocycles. The summed E-state index contributed by atoms with van der Waals surface area (Å²) in [6.07, 6.45) is 3.48. The van der Waals surface area contributed by atoms with Crippen molar-refractivity contribution in [2.24, 2.45) is 0 Å². The highest BCUT2D eigenvalue weighted by Crippen LogP contribution is 2.03. The first-order valence-corrected chi connectivity index (χ1v) is 3.26. The zero-order valence-corrected chi connectivity index (χ0v) is 6.69. The number of aromatic nitrogens is 1. The number of halogens is 1. The second-order valence-electron chi connectivity index (χ2n) is 1.28. The van der Waals surface area contributed by atoms with Crippen LogP contribution in [0.4, 0.5) is 0 Å². The number of nitrogens with zero attached hydrogens (tertiary/aromatic N) is 1. The summed E-state index contributed by atoms with van der Waals surface area (Å²) in [6, 6.07) is 3.78. The molecular formula is C5H6BBrNO2. The summed E-state index contributed by atoms with van der Waals surface area (Å²) in [5.41, 5.74) is 0. The molecule has 0 amide bonds. The van der Waals surface area contributed by atoms with Gasteiger partial charge in [-0.15, -0.1) is 0 Å². The molecule has 5 heteroatoms. The zero-order chi connectivity index (χ0) is 7.82. The molecule has 0 saturated heterocycles. The first-order valence-electron chi connectivity index (χ1n) is 2.47. The Morgan fingerprint density at radius 3 is 1.90 bits per heavy atom. The van der Waals surface area contributed by atoms with E-state index in [0.717, 1.165) is 4.47 Å². The molecule has 0 aliphatic rings. The van der Waals surface area contributed by atoms with Crippen molar-refractivity contribution in [3.05, 3.63) is 29.0 Å². The van der Waals surface area contributed by atoms with E-state index in [1.165, 1.54) is 0 Å². The highest BCUT2D eigenvalue weighted by Gasteiger charge is 1.75. The highest BCUT2D eigenvalue weighted by atomic mass is 79.9. The van der Waals surface area contributed by atoms with Crippen LogP contribution in [0.1, 0.15) is 0 Å². The van der Waals surface area contributed by atoms with E-state index in [9.17, 15) is 0 Å². The summed E-state index contributed by atoms with van der Waals surface area (Å²) in [7, 11) is 0. The quantitative estimate of drug-likeness (QED) is 0.598. The molecule has 53 valence electrons. The summed E-state index contributed by atoms with van der Waals surface area (Å²) in [4.78, 5) is 3.82. The topological polar surface area (TPSA) is 53.4 Å². The fraction of sp³-hybridized carbons (Fsp3) is 0. The summed E-state index contributed by atoms with van der Waals surface area (Å²) >= 11 is 3.27. The Hall–Kier alpha value is -0.385. The molecule has 0 fully saturated rings. The molecule has 3 nitrogen and oxygen atoms in total. The fourth-order valence-corrected chi connectivity index (χ4v) is 0.570. The van der Waals surface area contributed by atoms with Gasteiger partial charge >= 0.3 is 7.69 Å². The Kier molecular flexibility index (Phi) is 6.47. The van der Waals surface area contributed by atoms with Crippen LogP contribution < -0.4 is 0 Å². The van der Waals surface area contributed by atoms with Gasteiger partial charge in [-0.25, -0.2) is 0 Å². The number of hydrogen-bond acceptors (Lipinski definition) is 3. The normalized spacial score (nSPS) is 7.50. The molecule has 1 aromatic heterocycles. The van der Waals surface area contributed by atoms with Crippen LogP contribution in [0.5, 0.6) is 0 Å². The van der Waals surface area contributed by atoms with Crippen molar-refractivity contribution < 1.29 is 10.0 Å². The van der Waals surface area contributed by atoms with Crippen molar-refractivity contribution in [1.29, 1.82) is 0 Å². The Bertz CT molecular complexity index is 161. The van der Waals surface area contributed by atoms with Crippen LogP contribution in [0.25, 0.3) is 0 Å². The molecule has 0 bridgehead atoms. The predicted molar refractivity (Wildman–Crippen MR) is 42.1 cm³/mol. The van der Waals surface area contributed by atoms with Crippen molar-refractivity contribution in [3.8, 4) is 0 Å². The van der Waals surface area contributed by atoms with E-state index >= 15 is 0 Å². The first-order chi connectivity index (χ1) is 4.81. The number of pyridine rings is 1. The Morgan fingerprint density at radius 2 is 1.70 bits per heavy atom. The largest absolute Gasteiger partial charge is 0.482 e. The van der Waals surface area contributed by atoms with Gasteiger partial charge in [0.05, 0.1) is 0 Å². The smallest absolute Gasteiger partial charge is 0.429 e. The Balaban J connectivity index is 0.000000236. The summed E-state index contributed by atoms with van der Waals surface area (Å²) < 4.78 is 1.07. The molecule has 0 saturated carbocycles. The minimum absolute atomic E-state index is 0. The standard InChI is InChI=1S/C5H4BrN.BH2O2/c6-5-1-3-7-4-2-5;2-1-3/h1-4H;2-3H. The van der Waals surface area contributed by atoms with Gasteiger partial charge < -0.3 is 10.0 Å². The molecular weight excluding hydrogens is 197 g/mol. The lowest BCUT2D eigenvalue weighted by atomic mass is 10.5. The van der Waals surface area contributed by atoms with E-state index in [1.807, 2.05) is 12.1 Å². The van der Waals surface area contributed by atoms with Gasteiger partial charge in [-0.1, -0.05) is 15.9 Å². The maximum absolute atomic E-state index is 7.00. The Morgan fingerprint density at radius 1 is 1.30 bits per heavy atom. The lowest BCUT2D eigenvalue weighted by Gasteiger charge is -1.80. The van der Waals surface area contributed by atoms with E-state index in [0.29, 0.717) is 0 Å². The molecule has 1 rings (SSSR count). The zero-order valence-electron chi connectivity index (χ0n) is 5.11. The Labute approximate surface area is 68.2 Å². The number of rotatable bonds is 0. The van der Waals surface area contributed by atoms with Crippen molar-refractivity contribution in [2.45, 2.75) is 0 Å². The molecule has 1 heterocycles. The molecule has 10 heavy (non-hydrogen) atoms. The summed E-state index contributed by atoms with van der Waals surface area (Å²) in [5, 5.41) is 14.0. The minimum atomic E-state index is 0. The van der Waals surface area contributed by atoms with E-state index in [1.54, 1.807) is 12.4 Å². The van der Waals surface area contributed by atoms with Gasteiger partial charge in [-0.2, -0.15) is 0 Å². The van der Waals surface area contributed by atoms with E-state index in [2.05, 4.69) is 20.9 Å². The monoisotopic (exact) mass is 202 g/mol. The maximum atomic E-state index is 7.00. The van der Waals surface area contributed by atoms with Gasteiger partial charge in [0.15, 0.2) is 0 Å². The fourth-order valence-electron chi connectivity index (χ4n) is 0.334. The van der Waals surface area contributed by atoms with Crippen LogP contribution in [0.2, 0.25) is 0 Å². The SMILES string of the molecule is Brc1ccncc1.O[B]O. The molecule has 0 unspecified atom stereocenters. The van der Waals surface area contributed by atoms with Crippen LogP contribution >= 0.6 is 15.9 Å². The van der Waals surface area contributed by atoms with Gasteiger partial charge in [-0.3, -0.25) is 4.98 Å². The van der Waals surface area contributed by atoms with Crippen LogP contribution in [-0.2, 0) is 0 Å². The predicted octanol–water partition coefficient (Wildman–Crippen LogP) is 0.349. The van der Waals surface area contributed by atoms with Gasteiger partial charge in [0, 0.05) is 16.9 Å². The number of hydrogen-bond donors (Lipinski definition) is 2. The van der Waals surface area contributed by atoms with Gasteiger partial charge in [0.2, 0.25) is 0 Å². The van der Waals surface area contributed by atoms with Crippen LogP contribution in [-0.4, -0.2) is 22.7 Å². The van der Waals surface area contributed by atoms with Crippen molar-refractivity contribution in [3.63, 3.8) is 0 Å². The summed E-state index contributed by atoms with van der Waals surface area (Å²) in [5.74, 6) is 0. The van der Waals surface area contributed by atoms with Gasteiger partial charge in [0.25, 0.3) is 0 Å². The van der Waals surface area contributed by atoms with Crippen molar-refractivity contribution in [2.75, 3.05) is 0 Å². The van der Waals surface area contributed by atoms with Gasteiger partial charge in [0.1, 0.15) is 0 Å². The second kappa shape index (κ2) is 6.73. The third kappa shape index (κ3) is 5.75. The second-order valence-corrected chi connectivity index (χ2v) is 2.20. The van der Waals surface area contributed by atoms with Crippen molar-refractivity contribution >= 4 is 23.6 Å². The molecule has 0 aliphatic carbocycles. The van der Waals surface area contributed by atoms with Crippen LogP contribution in [0.3, 0.4) is 0 Å². The molecule has 0 spiro atoms. The third-order valence-electron chi connectivity index (χ3n) is 0.640. The van der Waals surface area contributed by atoms with E-state index in [-0.39, 0.29) is 7.69 Å². The van der Waals surface area contributed by atoms with Crippen LogP contribution in [0, 0.1) is 0 Å². The minimum Gasteiger partial charge on any atom is -0.429 e. The molecule has 1 aromatic rings. The molecule has 0 aliphatic heterocycles. The van der Waals surface area contributed by atoms with Crippen molar-refractivity contribution in [1.82, 2.24) is 4.98 Å². The first kappa shape index (κ1) is 9.61. The lowest BCUT2D eigenvalue weighted by molar-refractivity contribution is 0.448. The lowest BCUT2D eigenvalue weighted by Crippen LogP contribution is -1.75. The van der Waals surface area contributed by atoms with Gasteiger partial charge in [-0.05, 0) is 12.1 Å². The maximum Gasteiger partial charge on any atom is 0.482 e. The average Bonchev–Trinajstić information content (AvgIpc) is 1.91. The van der Waals surface area contributed by atoms with E-state index in [4.69, 9.17) is 10.0 Å². The average molecular weight is 203 g/mol. The molecule has 0 atom stereocenters. The van der Waals surface area contributed by atoms with E-state index < -0.39 is 0 Å². The third-order valence-corrected chi connectivity index (χ3v) is 1.17.